The van der Waals surface area contributed by atoms with Crippen LogP contribution in [0.5, 0.6) is 0 Å². The number of hydrogen-bond acceptors (Lipinski definition) is 3. The van der Waals surface area contributed by atoms with Gasteiger partial charge in [0.05, 0.1) is 0 Å². The summed E-state index contributed by atoms with van der Waals surface area (Å²) in [6.07, 6.45) is -0.381. The van der Waals surface area contributed by atoms with Gasteiger partial charge in [-0.2, -0.15) is 0 Å². The van der Waals surface area contributed by atoms with Crippen molar-refractivity contribution in [2.24, 2.45) is 0 Å². The Morgan fingerprint density at radius 1 is 1.00 bits per heavy atom. The molecule has 3 rings (SSSR count). The van der Waals surface area contributed by atoms with Gasteiger partial charge in [0, 0.05) is 12.0 Å². The molecule has 20 heavy (non-hydrogen) atoms. The zero-order valence-electron chi connectivity index (χ0n) is 11.1. The summed E-state index contributed by atoms with van der Waals surface area (Å²) in [7, 11) is 1.59. The molecular formula is C16H15NO2S. The number of amides is 1. The maximum atomic E-state index is 12.2. The first kappa shape index (κ1) is 13.2. The molecule has 102 valence electrons. The van der Waals surface area contributed by atoms with Crippen molar-refractivity contribution in [1.82, 2.24) is 4.31 Å². The lowest BCUT2D eigenvalue weighted by Crippen LogP contribution is -2.56. The molecule has 1 fully saturated rings. The Bertz CT molecular complexity index is 588. The van der Waals surface area contributed by atoms with Crippen LogP contribution in [-0.2, 0) is 9.53 Å². The number of rotatable bonds is 4. The minimum Gasteiger partial charge on any atom is -0.369 e. The summed E-state index contributed by atoms with van der Waals surface area (Å²) in [5.74, 6) is 0.0233. The molecule has 2 unspecified atom stereocenters. The molecule has 0 N–H and O–H groups in total. The molecule has 4 heteroatoms. The van der Waals surface area contributed by atoms with Crippen molar-refractivity contribution < 1.29 is 9.53 Å². The van der Waals surface area contributed by atoms with Crippen molar-refractivity contribution in [2.75, 3.05) is 7.11 Å². The van der Waals surface area contributed by atoms with Gasteiger partial charge in [0.15, 0.2) is 6.10 Å². The van der Waals surface area contributed by atoms with Crippen molar-refractivity contribution in [3.63, 3.8) is 0 Å². The van der Waals surface area contributed by atoms with Crippen LogP contribution in [0.15, 0.2) is 65.6 Å². The molecule has 2 aromatic rings. The van der Waals surface area contributed by atoms with E-state index in [1.807, 2.05) is 60.7 Å². The zero-order chi connectivity index (χ0) is 13.9. The average Bonchev–Trinajstić information content (AvgIpc) is 2.51. The lowest BCUT2D eigenvalue weighted by molar-refractivity contribution is -0.158. The Morgan fingerprint density at radius 2 is 1.60 bits per heavy atom. The fourth-order valence-electron chi connectivity index (χ4n) is 2.33. The van der Waals surface area contributed by atoms with Crippen molar-refractivity contribution >= 4 is 17.9 Å². The predicted molar refractivity (Wildman–Crippen MR) is 79.1 cm³/mol. The monoisotopic (exact) mass is 285 g/mol. The van der Waals surface area contributed by atoms with Crippen molar-refractivity contribution in [3.8, 4) is 0 Å². The Morgan fingerprint density at radius 3 is 2.20 bits per heavy atom. The van der Waals surface area contributed by atoms with Gasteiger partial charge < -0.3 is 4.74 Å². The number of carbonyl (C=O) groups excluding carboxylic acids is 1. The topological polar surface area (TPSA) is 29.5 Å². The summed E-state index contributed by atoms with van der Waals surface area (Å²) in [6.45, 7) is 0. The fourth-order valence-corrected chi connectivity index (χ4v) is 3.37. The van der Waals surface area contributed by atoms with E-state index in [0.29, 0.717) is 0 Å². The summed E-state index contributed by atoms with van der Waals surface area (Å²) in [5.41, 5.74) is 1.10. The normalized spacial score (nSPS) is 21.6. The standard InChI is InChI=1S/C16H15NO2S/c1-19-15-14(12-8-4-2-5-9-12)17(16(15)18)20-13-10-6-3-7-11-13/h2-11,14-15H,1H3. The van der Waals surface area contributed by atoms with E-state index in [1.54, 1.807) is 11.4 Å². The molecule has 2 atom stereocenters. The van der Waals surface area contributed by atoms with Gasteiger partial charge in [0.25, 0.3) is 5.91 Å². The van der Waals surface area contributed by atoms with Gasteiger partial charge in [0.1, 0.15) is 6.04 Å². The van der Waals surface area contributed by atoms with Gasteiger partial charge >= 0.3 is 0 Å². The van der Waals surface area contributed by atoms with E-state index in [9.17, 15) is 4.79 Å². The Hall–Kier alpha value is -1.78. The minimum absolute atomic E-state index is 0.0233. The van der Waals surface area contributed by atoms with E-state index in [1.165, 1.54) is 11.9 Å². The molecule has 1 saturated heterocycles. The molecule has 0 bridgehead atoms. The maximum Gasteiger partial charge on any atom is 0.265 e. The molecule has 0 spiro atoms. The second-order valence-corrected chi connectivity index (χ2v) is 5.63. The maximum absolute atomic E-state index is 12.2. The Labute approximate surface area is 122 Å². The summed E-state index contributed by atoms with van der Waals surface area (Å²) in [5, 5.41) is 0. The van der Waals surface area contributed by atoms with Crippen LogP contribution in [-0.4, -0.2) is 23.4 Å². The number of benzene rings is 2. The number of nitrogens with zero attached hydrogens (tertiary/aromatic N) is 1. The van der Waals surface area contributed by atoms with Crippen LogP contribution in [0.1, 0.15) is 11.6 Å². The van der Waals surface area contributed by atoms with Crippen molar-refractivity contribution in [2.45, 2.75) is 17.0 Å². The lowest BCUT2D eigenvalue weighted by Gasteiger charge is -2.45. The lowest BCUT2D eigenvalue weighted by atomic mass is 9.94. The second kappa shape index (κ2) is 5.69. The van der Waals surface area contributed by atoms with Crippen LogP contribution < -0.4 is 0 Å². The first-order valence-electron chi connectivity index (χ1n) is 6.45. The molecule has 2 aromatic carbocycles. The second-order valence-electron chi connectivity index (χ2n) is 4.58. The van der Waals surface area contributed by atoms with Crippen LogP contribution in [0.2, 0.25) is 0 Å². The molecule has 0 saturated carbocycles. The van der Waals surface area contributed by atoms with E-state index >= 15 is 0 Å². The first-order valence-corrected chi connectivity index (χ1v) is 7.22. The van der Waals surface area contributed by atoms with Gasteiger partial charge in [-0.25, -0.2) is 0 Å². The zero-order valence-corrected chi connectivity index (χ0v) is 11.9. The van der Waals surface area contributed by atoms with Gasteiger partial charge in [-0.3, -0.25) is 9.10 Å². The smallest absolute Gasteiger partial charge is 0.265 e. The third-order valence-corrected chi connectivity index (χ3v) is 4.43. The van der Waals surface area contributed by atoms with Gasteiger partial charge in [-0.15, -0.1) is 0 Å². The minimum atomic E-state index is -0.381. The highest BCUT2D eigenvalue weighted by Gasteiger charge is 2.49. The van der Waals surface area contributed by atoms with Crippen LogP contribution in [0.3, 0.4) is 0 Å². The van der Waals surface area contributed by atoms with Crippen molar-refractivity contribution in [3.05, 3.63) is 66.2 Å². The summed E-state index contributed by atoms with van der Waals surface area (Å²) >= 11 is 1.46. The van der Waals surface area contributed by atoms with E-state index in [4.69, 9.17) is 4.74 Å². The van der Waals surface area contributed by atoms with Crippen LogP contribution in [0, 0.1) is 0 Å². The SMILES string of the molecule is COC1C(=O)N(Sc2ccccc2)C1c1ccccc1. The predicted octanol–water partition coefficient (Wildman–Crippen LogP) is 3.29. The van der Waals surface area contributed by atoms with E-state index in [-0.39, 0.29) is 18.1 Å². The number of β-lactam (4-membered cyclic amide) rings is 1. The molecule has 1 aliphatic rings. The summed E-state index contributed by atoms with van der Waals surface area (Å²) in [6, 6.07) is 19.9. The van der Waals surface area contributed by atoms with Crippen LogP contribution in [0.25, 0.3) is 0 Å². The van der Waals surface area contributed by atoms with Crippen molar-refractivity contribution in [1.29, 1.82) is 0 Å². The quantitative estimate of drug-likeness (QED) is 0.637. The number of carbonyl (C=O) groups is 1. The third-order valence-electron chi connectivity index (χ3n) is 3.34. The Balaban J connectivity index is 1.84. The van der Waals surface area contributed by atoms with Crippen LogP contribution >= 0.6 is 11.9 Å². The molecule has 1 aliphatic heterocycles. The highest BCUT2D eigenvalue weighted by atomic mass is 32.2. The number of hydrogen-bond donors (Lipinski definition) is 0. The van der Waals surface area contributed by atoms with Gasteiger partial charge in [-0.1, -0.05) is 48.5 Å². The first-order chi connectivity index (χ1) is 9.81. The third kappa shape index (κ3) is 2.32. The van der Waals surface area contributed by atoms with Gasteiger partial charge in [0.2, 0.25) is 0 Å². The van der Waals surface area contributed by atoms with Crippen LogP contribution in [0.4, 0.5) is 0 Å². The van der Waals surface area contributed by atoms with E-state index < -0.39 is 0 Å². The molecule has 0 aliphatic carbocycles. The summed E-state index contributed by atoms with van der Waals surface area (Å²) < 4.78 is 7.12. The van der Waals surface area contributed by atoms with Gasteiger partial charge in [-0.05, 0) is 29.6 Å². The molecule has 0 radical (unpaired) electrons. The molecule has 1 heterocycles. The highest BCUT2D eigenvalue weighted by molar-refractivity contribution is 7.97. The molecular weight excluding hydrogens is 270 g/mol. The number of methoxy groups -OCH3 is 1. The number of ether oxygens (including phenoxy) is 1. The Kier molecular flexibility index (Phi) is 3.76. The molecule has 1 amide bonds. The molecule has 3 nitrogen and oxygen atoms in total. The average molecular weight is 285 g/mol. The molecule has 0 aromatic heterocycles. The van der Waals surface area contributed by atoms with E-state index in [2.05, 4.69) is 0 Å². The van der Waals surface area contributed by atoms with E-state index in [0.717, 1.165) is 10.5 Å². The fraction of sp³-hybridized carbons (Fsp3) is 0.188. The highest BCUT2D eigenvalue weighted by Crippen LogP contribution is 2.43. The largest absolute Gasteiger partial charge is 0.369 e. The summed E-state index contributed by atoms with van der Waals surface area (Å²) in [4.78, 5) is 13.2.